The van der Waals surface area contributed by atoms with Crippen molar-refractivity contribution in [3.8, 4) is 0 Å². The van der Waals surface area contributed by atoms with E-state index in [2.05, 4.69) is 19.6 Å². The summed E-state index contributed by atoms with van der Waals surface area (Å²) in [5, 5.41) is 0. The van der Waals surface area contributed by atoms with E-state index in [0.717, 1.165) is 24.1 Å². The normalized spacial score (nSPS) is 24.0. The molecule has 1 amide bonds. The highest BCUT2D eigenvalue weighted by molar-refractivity contribution is 6.76. The molecule has 1 saturated carbocycles. The van der Waals surface area contributed by atoms with Gasteiger partial charge in [-0.2, -0.15) is 13.2 Å². The average Bonchev–Trinajstić information content (AvgIpc) is 3.04. The smallest absolute Gasteiger partial charge is 0.381 e. The number of benzene rings is 1. The molecule has 1 heterocycles. The van der Waals surface area contributed by atoms with E-state index in [1.165, 1.54) is 6.07 Å². The van der Waals surface area contributed by atoms with Gasteiger partial charge >= 0.3 is 6.18 Å². The summed E-state index contributed by atoms with van der Waals surface area (Å²) in [6.45, 7) is 8.55. The minimum Gasteiger partial charge on any atom is -0.381 e. The SMILES string of the molecule is C[Si](C)(C)CCOC[C@]1(C(=O)N2CCc3ccc(C(F)(F)F)cc3C2)CC[C@@H](N)C1.Cl. The fourth-order valence-electron chi connectivity index (χ4n) is 4.44. The second-order valence-electron chi connectivity index (χ2n) is 10.1. The third kappa shape index (κ3) is 6.46. The standard InChI is InChI=1S/C22H33F3N2O2Si.ClH/c1-30(2,3)11-10-29-15-21(8-6-19(26)13-21)20(28)27-9-7-16-4-5-18(22(23,24)25)12-17(16)14-27;/h4-5,12,19H,6-11,13-15,26H2,1-3H3;1H/t19-,21+;/m1./s1. The van der Waals surface area contributed by atoms with Crippen LogP contribution in [0.25, 0.3) is 0 Å². The van der Waals surface area contributed by atoms with Crippen LogP contribution in [0, 0.1) is 5.41 Å². The van der Waals surface area contributed by atoms with Gasteiger partial charge < -0.3 is 15.4 Å². The zero-order valence-corrected chi connectivity index (χ0v) is 20.4. The molecule has 0 radical (unpaired) electrons. The topological polar surface area (TPSA) is 55.6 Å². The van der Waals surface area contributed by atoms with Gasteiger partial charge in [0.05, 0.1) is 17.6 Å². The molecule has 1 aliphatic heterocycles. The second-order valence-corrected chi connectivity index (χ2v) is 15.7. The number of alkyl halides is 3. The number of halogens is 4. The molecular weight excluding hydrogens is 445 g/mol. The molecule has 4 nitrogen and oxygen atoms in total. The number of ether oxygens (including phenoxy) is 1. The Balaban J connectivity index is 0.00000341. The van der Waals surface area contributed by atoms with E-state index in [9.17, 15) is 18.0 Å². The summed E-state index contributed by atoms with van der Waals surface area (Å²) in [7, 11) is -1.23. The van der Waals surface area contributed by atoms with Gasteiger partial charge in [0.25, 0.3) is 0 Å². The van der Waals surface area contributed by atoms with Gasteiger partial charge in [-0.3, -0.25) is 4.79 Å². The molecular formula is C22H34ClF3N2O2Si. The molecule has 0 unspecified atom stereocenters. The summed E-state index contributed by atoms with van der Waals surface area (Å²) >= 11 is 0. The Bertz CT molecular complexity index is 785. The summed E-state index contributed by atoms with van der Waals surface area (Å²) in [4.78, 5) is 15.2. The Morgan fingerprint density at radius 1 is 1.29 bits per heavy atom. The molecule has 3 rings (SSSR count). The summed E-state index contributed by atoms with van der Waals surface area (Å²) < 4.78 is 45.3. The Labute approximate surface area is 190 Å². The first-order valence-electron chi connectivity index (χ1n) is 10.7. The Morgan fingerprint density at radius 2 is 2.00 bits per heavy atom. The number of carbonyl (C=O) groups is 1. The zero-order chi connectivity index (χ0) is 22.2. The first-order chi connectivity index (χ1) is 13.9. The van der Waals surface area contributed by atoms with Crippen LogP contribution in [0.15, 0.2) is 18.2 Å². The van der Waals surface area contributed by atoms with Crippen LogP contribution in [0.1, 0.15) is 36.0 Å². The summed E-state index contributed by atoms with van der Waals surface area (Å²) in [5.41, 5.74) is 6.30. The predicted octanol–water partition coefficient (Wildman–Crippen LogP) is 4.86. The number of nitrogens with zero attached hydrogens (tertiary/aromatic N) is 1. The van der Waals surface area contributed by atoms with Gasteiger partial charge in [0.1, 0.15) is 0 Å². The summed E-state index contributed by atoms with van der Waals surface area (Å²) in [6, 6.07) is 4.84. The van der Waals surface area contributed by atoms with Crippen LogP contribution in [-0.4, -0.2) is 44.7 Å². The van der Waals surface area contributed by atoms with Crippen molar-refractivity contribution in [1.82, 2.24) is 4.90 Å². The number of hydrogen-bond acceptors (Lipinski definition) is 3. The van der Waals surface area contributed by atoms with Gasteiger partial charge in [-0.25, -0.2) is 0 Å². The van der Waals surface area contributed by atoms with E-state index in [1.807, 2.05) is 0 Å². The third-order valence-corrected chi connectivity index (χ3v) is 8.01. The predicted molar refractivity (Wildman–Crippen MR) is 121 cm³/mol. The fraction of sp³-hybridized carbons (Fsp3) is 0.682. The van der Waals surface area contributed by atoms with Crippen molar-refractivity contribution in [1.29, 1.82) is 0 Å². The third-order valence-electron chi connectivity index (χ3n) is 6.31. The van der Waals surface area contributed by atoms with Crippen LogP contribution >= 0.6 is 12.4 Å². The van der Waals surface area contributed by atoms with E-state index in [0.29, 0.717) is 44.6 Å². The first kappa shape index (κ1) is 26.2. The monoisotopic (exact) mass is 478 g/mol. The zero-order valence-electron chi connectivity index (χ0n) is 18.6. The van der Waals surface area contributed by atoms with Gasteiger partial charge in [-0.15, -0.1) is 12.4 Å². The molecule has 0 spiro atoms. The Morgan fingerprint density at radius 3 is 2.58 bits per heavy atom. The second kappa shape index (κ2) is 9.81. The maximum atomic E-state index is 13.5. The molecule has 0 bridgehead atoms. The average molecular weight is 479 g/mol. The lowest BCUT2D eigenvalue weighted by Gasteiger charge is -2.37. The van der Waals surface area contributed by atoms with Crippen LogP contribution in [0.4, 0.5) is 13.2 Å². The summed E-state index contributed by atoms with van der Waals surface area (Å²) in [6.07, 6.45) is -1.80. The van der Waals surface area contributed by atoms with Crippen molar-refractivity contribution in [3.05, 3.63) is 34.9 Å². The number of rotatable bonds is 6. The molecule has 0 aromatic heterocycles. The highest BCUT2D eigenvalue weighted by Gasteiger charge is 2.47. The Hall–Kier alpha value is -1.09. The molecule has 1 aromatic carbocycles. The van der Waals surface area contributed by atoms with Gasteiger partial charge in [-0.1, -0.05) is 25.7 Å². The lowest BCUT2D eigenvalue weighted by molar-refractivity contribution is -0.146. The molecule has 1 aliphatic carbocycles. The molecule has 0 saturated heterocycles. The molecule has 176 valence electrons. The Kier molecular flexibility index (Phi) is 8.28. The van der Waals surface area contributed by atoms with Crippen molar-refractivity contribution < 1.29 is 22.7 Å². The van der Waals surface area contributed by atoms with E-state index < -0.39 is 25.2 Å². The number of hydrogen-bond donors (Lipinski definition) is 1. The molecule has 2 aliphatic rings. The highest BCUT2D eigenvalue weighted by Crippen LogP contribution is 2.41. The molecule has 2 N–H and O–H groups in total. The quantitative estimate of drug-likeness (QED) is 0.469. The number of fused-ring (bicyclic) bond motifs is 1. The lowest BCUT2D eigenvalue weighted by atomic mass is 9.84. The molecule has 1 fully saturated rings. The minimum absolute atomic E-state index is 0. The van der Waals surface area contributed by atoms with Crippen molar-refractivity contribution in [2.24, 2.45) is 11.1 Å². The van der Waals surface area contributed by atoms with E-state index >= 15 is 0 Å². The first-order valence-corrected chi connectivity index (χ1v) is 14.4. The van der Waals surface area contributed by atoms with Crippen LogP contribution < -0.4 is 5.73 Å². The van der Waals surface area contributed by atoms with Crippen molar-refractivity contribution in [2.45, 2.75) is 70.1 Å². The number of nitrogens with two attached hydrogens (primary N) is 1. The molecule has 31 heavy (non-hydrogen) atoms. The van der Waals surface area contributed by atoms with Crippen LogP contribution in [0.5, 0.6) is 0 Å². The number of amides is 1. The van der Waals surface area contributed by atoms with Crippen LogP contribution in [0.3, 0.4) is 0 Å². The van der Waals surface area contributed by atoms with Gasteiger partial charge in [-0.05, 0) is 55.0 Å². The number of carbonyl (C=O) groups excluding carboxylic acids is 1. The van der Waals surface area contributed by atoms with Crippen LogP contribution in [0.2, 0.25) is 25.7 Å². The molecule has 1 aromatic rings. The van der Waals surface area contributed by atoms with E-state index in [-0.39, 0.29) is 30.9 Å². The van der Waals surface area contributed by atoms with Crippen molar-refractivity contribution in [2.75, 3.05) is 19.8 Å². The maximum Gasteiger partial charge on any atom is 0.416 e. The van der Waals surface area contributed by atoms with E-state index in [1.54, 1.807) is 11.0 Å². The van der Waals surface area contributed by atoms with Gasteiger partial charge in [0, 0.05) is 33.8 Å². The lowest BCUT2D eigenvalue weighted by Crippen LogP contribution is -2.48. The van der Waals surface area contributed by atoms with Crippen molar-refractivity contribution >= 4 is 26.4 Å². The minimum atomic E-state index is -4.38. The summed E-state index contributed by atoms with van der Waals surface area (Å²) in [5.74, 6) is -0.0217. The maximum absolute atomic E-state index is 13.5. The van der Waals surface area contributed by atoms with Crippen molar-refractivity contribution in [3.63, 3.8) is 0 Å². The highest BCUT2D eigenvalue weighted by atomic mass is 35.5. The van der Waals surface area contributed by atoms with Crippen LogP contribution in [-0.2, 0) is 28.7 Å². The largest absolute Gasteiger partial charge is 0.416 e. The van der Waals surface area contributed by atoms with Gasteiger partial charge in [0.2, 0.25) is 5.91 Å². The molecule has 2 atom stereocenters. The van der Waals surface area contributed by atoms with Gasteiger partial charge in [0.15, 0.2) is 0 Å². The molecule has 9 heteroatoms. The fourth-order valence-corrected chi connectivity index (χ4v) is 5.20. The van der Waals surface area contributed by atoms with E-state index in [4.69, 9.17) is 10.5 Å².